The number of ether oxygens (including phenoxy) is 1. The van der Waals surface area contributed by atoms with Crippen molar-refractivity contribution in [2.45, 2.75) is 6.10 Å². The van der Waals surface area contributed by atoms with Gasteiger partial charge in [-0.05, 0) is 22.0 Å². The van der Waals surface area contributed by atoms with Crippen LogP contribution in [0.4, 0.5) is 11.5 Å². The third-order valence-electron chi connectivity index (χ3n) is 2.35. The molecule has 2 rings (SSSR count). The van der Waals surface area contributed by atoms with Gasteiger partial charge in [0.05, 0.1) is 35.6 Å². The lowest BCUT2D eigenvalue weighted by atomic mass is 10.3. The molecule has 1 aliphatic heterocycles. The molecule has 1 aromatic heterocycles. The standard InChI is InChI=1S/C10H11BrN4O/c11-9-3-7(13)5-14-10(9)15-1-2-16-8(4-12)6-15/h3,5,8H,1-2,6,13H2. The van der Waals surface area contributed by atoms with Gasteiger partial charge in [0.2, 0.25) is 0 Å². The Labute approximate surface area is 102 Å². The topological polar surface area (TPSA) is 75.2 Å². The van der Waals surface area contributed by atoms with Gasteiger partial charge in [-0.3, -0.25) is 0 Å². The van der Waals surface area contributed by atoms with E-state index in [4.69, 9.17) is 15.7 Å². The highest BCUT2D eigenvalue weighted by Gasteiger charge is 2.22. The molecule has 1 aromatic rings. The lowest BCUT2D eigenvalue weighted by Crippen LogP contribution is -2.42. The predicted molar refractivity (Wildman–Crippen MR) is 63.9 cm³/mol. The van der Waals surface area contributed by atoms with E-state index in [1.807, 2.05) is 4.90 Å². The molecule has 1 fully saturated rings. The molecule has 0 aliphatic carbocycles. The fraction of sp³-hybridized carbons (Fsp3) is 0.400. The summed E-state index contributed by atoms with van der Waals surface area (Å²) < 4.78 is 6.11. The summed E-state index contributed by atoms with van der Waals surface area (Å²) in [5.41, 5.74) is 6.23. The first kappa shape index (κ1) is 11.2. The first-order valence-electron chi connectivity index (χ1n) is 4.88. The predicted octanol–water partition coefficient (Wildman–Crippen LogP) is 1.16. The van der Waals surface area contributed by atoms with Crippen LogP contribution in [0.15, 0.2) is 16.7 Å². The van der Waals surface area contributed by atoms with E-state index in [0.29, 0.717) is 18.8 Å². The van der Waals surface area contributed by atoms with E-state index in [-0.39, 0.29) is 6.10 Å². The first-order chi connectivity index (χ1) is 7.70. The summed E-state index contributed by atoms with van der Waals surface area (Å²) in [7, 11) is 0. The van der Waals surface area contributed by atoms with Crippen LogP contribution in [0.25, 0.3) is 0 Å². The highest BCUT2D eigenvalue weighted by Crippen LogP contribution is 2.26. The van der Waals surface area contributed by atoms with Crippen molar-refractivity contribution in [3.05, 3.63) is 16.7 Å². The van der Waals surface area contributed by atoms with Gasteiger partial charge in [0.25, 0.3) is 0 Å². The number of hydrogen-bond donors (Lipinski definition) is 1. The molecule has 2 heterocycles. The lowest BCUT2D eigenvalue weighted by Gasteiger charge is -2.31. The van der Waals surface area contributed by atoms with Gasteiger partial charge >= 0.3 is 0 Å². The highest BCUT2D eigenvalue weighted by molar-refractivity contribution is 9.10. The van der Waals surface area contributed by atoms with E-state index in [1.165, 1.54) is 0 Å². The van der Waals surface area contributed by atoms with E-state index >= 15 is 0 Å². The normalized spacial score (nSPS) is 20.5. The van der Waals surface area contributed by atoms with Crippen molar-refractivity contribution in [3.63, 3.8) is 0 Å². The zero-order chi connectivity index (χ0) is 11.5. The Hall–Kier alpha value is -1.32. The minimum atomic E-state index is -0.389. The Kier molecular flexibility index (Phi) is 3.27. The van der Waals surface area contributed by atoms with Crippen LogP contribution < -0.4 is 10.6 Å². The van der Waals surface area contributed by atoms with Crippen LogP contribution in [-0.4, -0.2) is 30.8 Å². The second-order valence-corrected chi connectivity index (χ2v) is 4.36. The summed E-state index contributed by atoms with van der Waals surface area (Å²) in [6.07, 6.45) is 1.22. The molecule has 5 nitrogen and oxygen atoms in total. The SMILES string of the molecule is N#CC1CN(c2ncc(N)cc2Br)CCO1. The van der Waals surface area contributed by atoms with Crippen molar-refractivity contribution in [2.24, 2.45) is 0 Å². The molecule has 0 radical (unpaired) electrons. The zero-order valence-corrected chi connectivity index (χ0v) is 10.1. The maximum atomic E-state index is 8.82. The summed E-state index contributed by atoms with van der Waals surface area (Å²) in [5, 5.41) is 8.82. The summed E-state index contributed by atoms with van der Waals surface area (Å²) in [5.74, 6) is 0.803. The van der Waals surface area contributed by atoms with Gasteiger partial charge in [-0.1, -0.05) is 0 Å². The second-order valence-electron chi connectivity index (χ2n) is 3.51. The number of nitrogen functional groups attached to an aromatic ring is 1. The van der Waals surface area contributed by atoms with E-state index in [0.717, 1.165) is 16.8 Å². The van der Waals surface area contributed by atoms with E-state index in [2.05, 4.69) is 27.0 Å². The number of hydrogen-bond acceptors (Lipinski definition) is 5. The highest BCUT2D eigenvalue weighted by atomic mass is 79.9. The minimum absolute atomic E-state index is 0.389. The van der Waals surface area contributed by atoms with Crippen LogP contribution in [0.3, 0.4) is 0 Å². The Morgan fingerprint density at radius 3 is 3.19 bits per heavy atom. The lowest BCUT2D eigenvalue weighted by molar-refractivity contribution is 0.0761. The zero-order valence-electron chi connectivity index (χ0n) is 8.56. The molecular formula is C10H11BrN4O. The molecular weight excluding hydrogens is 272 g/mol. The smallest absolute Gasteiger partial charge is 0.161 e. The van der Waals surface area contributed by atoms with E-state index in [1.54, 1.807) is 12.3 Å². The van der Waals surface area contributed by atoms with Gasteiger partial charge in [-0.15, -0.1) is 0 Å². The molecule has 84 valence electrons. The van der Waals surface area contributed by atoms with Crippen molar-refractivity contribution < 1.29 is 4.74 Å². The van der Waals surface area contributed by atoms with Gasteiger partial charge in [0, 0.05) is 6.54 Å². The second kappa shape index (κ2) is 4.68. The molecule has 16 heavy (non-hydrogen) atoms. The summed E-state index contributed by atoms with van der Waals surface area (Å²) in [6, 6.07) is 3.91. The molecule has 1 aliphatic rings. The fourth-order valence-corrected chi connectivity index (χ4v) is 2.22. The van der Waals surface area contributed by atoms with Gasteiger partial charge in [0.15, 0.2) is 6.10 Å². The molecule has 0 spiro atoms. The van der Waals surface area contributed by atoms with Gasteiger partial charge in [-0.25, -0.2) is 4.98 Å². The number of halogens is 1. The number of rotatable bonds is 1. The van der Waals surface area contributed by atoms with Gasteiger partial charge < -0.3 is 15.4 Å². The van der Waals surface area contributed by atoms with Gasteiger partial charge in [0.1, 0.15) is 5.82 Å². The van der Waals surface area contributed by atoms with Gasteiger partial charge in [-0.2, -0.15) is 5.26 Å². The maximum Gasteiger partial charge on any atom is 0.161 e. The number of nitrogens with two attached hydrogens (primary N) is 1. The maximum absolute atomic E-state index is 8.82. The Morgan fingerprint density at radius 2 is 2.50 bits per heavy atom. The number of nitrogens with zero attached hydrogens (tertiary/aromatic N) is 3. The largest absolute Gasteiger partial charge is 0.397 e. The molecule has 0 bridgehead atoms. The van der Waals surface area contributed by atoms with Crippen LogP contribution in [-0.2, 0) is 4.74 Å². The molecule has 1 unspecified atom stereocenters. The summed E-state index contributed by atoms with van der Waals surface area (Å²) in [4.78, 5) is 6.27. The third kappa shape index (κ3) is 2.26. The Balaban J connectivity index is 2.20. The quantitative estimate of drug-likeness (QED) is 0.837. The molecule has 2 N–H and O–H groups in total. The van der Waals surface area contributed by atoms with Crippen molar-refractivity contribution in [3.8, 4) is 6.07 Å². The van der Waals surface area contributed by atoms with E-state index in [9.17, 15) is 0 Å². The average molecular weight is 283 g/mol. The summed E-state index contributed by atoms with van der Waals surface area (Å²) >= 11 is 3.42. The first-order valence-corrected chi connectivity index (χ1v) is 5.67. The molecule has 1 atom stereocenters. The third-order valence-corrected chi connectivity index (χ3v) is 2.94. The number of nitriles is 1. The van der Waals surface area contributed by atoms with E-state index < -0.39 is 0 Å². The van der Waals surface area contributed by atoms with Crippen LogP contribution in [0.2, 0.25) is 0 Å². The number of aromatic nitrogens is 1. The molecule has 1 saturated heterocycles. The summed E-state index contributed by atoms with van der Waals surface area (Å²) in [6.45, 7) is 1.80. The van der Waals surface area contributed by atoms with Crippen molar-refractivity contribution in [1.82, 2.24) is 4.98 Å². The van der Waals surface area contributed by atoms with Crippen molar-refractivity contribution in [1.29, 1.82) is 5.26 Å². The minimum Gasteiger partial charge on any atom is -0.397 e. The number of anilines is 2. The monoisotopic (exact) mass is 282 g/mol. The molecule has 0 amide bonds. The number of pyridine rings is 1. The molecule has 6 heteroatoms. The van der Waals surface area contributed by atoms with Crippen molar-refractivity contribution >= 4 is 27.4 Å². The van der Waals surface area contributed by atoms with Crippen LogP contribution in [0, 0.1) is 11.3 Å². The van der Waals surface area contributed by atoms with Crippen LogP contribution in [0.5, 0.6) is 0 Å². The average Bonchev–Trinajstić information content (AvgIpc) is 2.29. The Bertz CT molecular complexity index is 431. The Morgan fingerprint density at radius 1 is 1.69 bits per heavy atom. The fourth-order valence-electron chi connectivity index (χ4n) is 1.60. The van der Waals surface area contributed by atoms with Crippen LogP contribution in [0.1, 0.15) is 0 Å². The van der Waals surface area contributed by atoms with Crippen molar-refractivity contribution in [2.75, 3.05) is 30.3 Å². The van der Waals surface area contributed by atoms with Crippen LogP contribution >= 0.6 is 15.9 Å². The number of morpholine rings is 1. The molecule has 0 saturated carbocycles. The molecule has 0 aromatic carbocycles.